The lowest BCUT2D eigenvalue weighted by Gasteiger charge is -2.03. The number of H-pyrrole nitrogens is 1. The van der Waals surface area contributed by atoms with E-state index < -0.39 is 11.2 Å². The fourth-order valence-electron chi connectivity index (χ4n) is 1.28. The predicted octanol–water partition coefficient (Wildman–Crippen LogP) is -0.494. The molecule has 0 saturated heterocycles. The van der Waals surface area contributed by atoms with Crippen molar-refractivity contribution in [2.75, 3.05) is 0 Å². The first-order valence-electron chi connectivity index (χ1n) is 4.25. The zero-order chi connectivity index (χ0) is 10.3. The molecule has 1 fully saturated rings. The maximum atomic E-state index is 11.3. The Bertz CT molecular complexity index is 498. The van der Waals surface area contributed by atoms with Gasteiger partial charge in [-0.1, -0.05) is 12.2 Å². The van der Waals surface area contributed by atoms with Crippen LogP contribution in [0.2, 0.25) is 0 Å². The van der Waals surface area contributed by atoms with Crippen LogP contribution >= 0.6 is 12.2 Å². The van der Waals surface area contributed by atoms with Crippen LogP contribution in [-0.2, 0) is 0 Å². The minimum Gasteiger partial charge on any atom is -0.389 e. The second kappa shape index (κ2) is 3.06. The molecule has 6 heteroatoms. The topological polar surface area (TPSA) is 80.9 Å². The Hall–Kier alpha value is -1.43. The third-order valence-corrected chi connectivity index (χ3v) is 2.39. The highest BCUT2D eigenvalue weighted by Crippen LogP contribution is 2.32. The SMILES string of the molecule is NC(=S)c1cn(C2CC2)c(=O)[nH]c1=O. The van der Waals surface area contributed by atoms with Gasteiger partial charge in [-0.05, 0) is 12.8 Å². The molecule has 2 rings (SSSR count). The summed E-state index contributed by atoms with van der Waals surface area (Å²) in [5.74, 6) is 0. The van der Waals surface area contributed by atoms with E-state index in [0.29, 0.717) is 0 Å². The van der Waals surface area contributed by atoms with E-state index in [1.54, 1.807) is 0 Å². The van der Waals surface area contributed by atoms with Crippen molar-refractivity contribution in [2.45, 2.75) is 18.9 Å². The summed E-state index contributed by atoms with van der Waals surface area (Å²) in [6.45, 7) is 0. The minimum atomic E-state index is -0.514. The summed E-state index contributed by atoms with van der Waals surface area (Å²) in [5.41, 5.74) is 4.64. The molecule has 0 aromatic carbocycles. The Morgan fingerprint density at radius 1 is 1.57 bits per heavy atom. The Morgan fingerprint density at radius 3 is 2.71 bits per heavy atom. The number of aromatic nitrogens is 2. The quantitative estimate of drug-likeness (QED) is 0.646. The van der Waals surface area contributed by atoms with Crippen molar-refractivity contribution in [1.82, 2.24) is 9.55 Å². The van der Waals surface area contributed by atoms with Crippen LogP contribution in [0.3, 0.4) is 0 Å². The maximum Gasteiger partial charge on any atom is 0.328 e. The summed E-state index contributed by atoms with van der Waals surface area (Å²) < 4.78 is 1.48. The average Bonchev–Trinajstić information content (AvgIpc) is 2.86. The summed E-state index contributed by atoms with van der Waals surface area (Å²) in [4.78, 5) is 24.8. The van der Waals surface area contributed by atoms with E-state index in [2.05, 4.69) is 4.98 Å². The molecule has 0 bridgehead atoms. The van der Waals surface area contributed by atoms with Crippen LogP contribution < -0.4 is 17.0 Å². The van der Waals surface area contributed by atoms with E-state index in [0.717, 1.165) is 12.8 Å². The normalized spacial score (nSPS) is 15.4. The van der Waals surface area contributed by atoms with E-state index >= 15 is 0 Å². The van der Waals surface area contributed by atoms with Gasteiger partial charge in [0.25, 0.3) is 5.56 Å². The third kappa shape index (κ3) is 1.48. The minimum absolute atomic E-state index is 0.0145. The number of nitrogens with one attached hydrogen (secondary N) is 1. The second-order valence-electron chi connectivity index (χ2n) is 3.30. The van der Waals surface area contributed by atoms with Crippen molar-refractivity contribution in [3.63, 3.8) is 0 Å². The number of hydrogen-bond donors (Lipinski definition) is 2. The molecule has 0 aliphatic heterocycles. The Balaban J connectivity index is 2.63. The van der Waals surface area contributed by atoms with Crippen molar-refractivity contribution in [2.24, 2.45) is 5.73 Å². The number of hydrogen-bond acceptors (Lipinski definition) is 3. The van der Waals surface area contributed by atoms with Crippen molar-refractivity contribution in [3.05, 3.63) is 32.6 Å². The molecule has 0 atom stereocenters. The monoisotopic (exact) mass is 211 g/mol. The molecule has 1 aliphatic rings. The molecule has 0 amide bonds. The van der Waals surface area contributed by atoms with Crippen LogP contribution in [0.25, 0.3) is 0 Å². The Morgan fingerprint density at radius 2 is 2.21 bits per heavy atom. The van der Waals surface area contributed by atoms with Gasteiger partial charge in [-0.25, -0.2) is 4.79 Å². The van der Waals surface area contributed by atoms with Crippen LogP contribution in [0.4, 0.5) is 0 Å². The first-order chi connectivity index (χ1) is 6.59. The lowest BCUT2D eigenvalue weighted by molar-refractivity contribution is 0.674. The summed E-state index contributed by atoms with van der Waals surface area (Å²) in [6, 6.07) is 0.201. The first kappa shape index (κ1) is 9.14. The van der Waals surface area contributed by atoms with E-state index in [9.17, 15) is 9.59 Å². The van der Waals surface area contributed by atoms with Crippen molar-refractivity contribution >= 4 is 17.2 Å². The summed E-state index contributed by atoms with van der Waals surface area (Å²) >= 11 is 4.70. The summed E-state index contributed by atoms with van der Waals surface area (Å²) in [7, 11) is 0. The van der Waals surface area contributed by atoms with Gasteiger partial charge in [0.1, 0.15) is 4.99 Å². The van der Waals surface area contributed by atoms with Gasteiger partial charge in [0, 0.05) is 12.2 Å². The molecule has 5 nitrogen and oxygen atoms in total. The number of thiocarbonyl (C=S) groups is 1. The highest BCUT2D eigenvalue weighted by Gasteiger charge is 2.25. The van der Waals surface area contributed by atoms with Crippen LogP contribution in [0, 0.1) is 0 Å². The molecule has 0 spiro atoms. The molecule has 1 aromatic rings. The smallest absolute Gasteiger partial charge is 0.328 e. The van der Waals surface area contributed by atoms with Gasteiger partial charge in [-0.15, -0.1) is 0 Å². The van der Waals surface area contributed by atoms with Gasteiger partial charge in [0.2, 0.25) is 0 Å². The number of nitrogens with zero attached hydrogens (tertiary/aromatic N) is 1. The molecule has 1 aliphatic carbocycles. The van der Waals surface area contributed by atoms with E-state index in [1.165, 1.54) is 10.8 Å². The molecule has 1 heterocycles. The van der Waals surface area contributed by atoms with Gasteiger partial charge in [0.15, 0.2) is 0 Å². The van der Waals surface area contributed by atoms with Crippen LogP contribution in [0.15, 0.2) is 15.8 Å². The van der Waals surface area contributed by atoms with Crippen molar-refractivity contribution in [3.8, 4) is 0 Å². The Labute approximate surface area is 84.6 Å². The van der Waals surface area contributed by atoms with E-state index in [-0.39, 0.29) is 16.6 Å². The van der Waals surface area contributed by atoms with E-state index in [1.807, 2.05) is 0 Å². The molecule has 3 N–H and O–H groups in total. The lowest BCUT2D eigenvalue weighted by atomic mass is 10.3. The third-order valence-electron chi connectivity index (χ3n) is 2.17. The predicted molar refractivity (Wildman–Crippen MR) is 55.5 cm³/mol. The van der Waals surface area contributed by atoms with Crippen molar-refractivity contribution in [1.29, 1.82) is 0 Å². The fraction of sp³-hybridized carbons (Fsp3) is 0.375. The largest absolute Gasteiger partial charge is 0.389 e. The zero-order valence-electron chi connectivity index (χ0n) is 7.32. The molecule has 14 heavy (non-hydrogen) atoms. The summed E-state index contributed by atoms with van der Waals surface area (Å²) in [5, 5.41) is 0. The zero-order valence-corrected chi connectivity index (χ0v) is 8.13. The number of rotatable bonds is 2. The lowest BCUT2D eigenvalue weighted by Crippen LogP contribution is -2.34. The van der Waals surface area contributed by atoms with E-state index in [4.69, 9.17) is 18.0 Å². The highest BCUT2D eigenvalue weighted by atomic mass is 32.1. The molecule has 0 radical (unpaired) electrons. The maximum absolute atomic E-state index is 11.3. The fourth-order valence-corrected chi connectivity index (χ4v) is 1.43. The van der Waals surface area contributed by atoms with Crippen LogP contribution in [0.1, 0.15) is 24.4 Å². The number of aromatic amines is 1. The first-order valence-corrected chi connectivity index (χ1v) is 4.65. The highest BCUT2D eigenvalue weighted by molar-refractivity contribution is 7.80. The molecule has 0 unspecified atom stereocenters. The van der Waals surface area contributed by atoms with Crippen molar-refractivity contribution < 1.29 is 0 Å². The van der Waals surface area contributed by atoms with Gasteiger partial charge in [0.05, 0.1) is 5.56 Å². The molecule has 74 valence electrons. The van der Waals surface area contributed by atoms with Gasteiger partial charge in [-0.2, -0.15) is 0 Å². The van der Waals surface area contributed by atoms with Gasteiger partial charge >= 0.3 is 5.69 Å². The average molecular weight is 211 g/mol. The second-order valence-corrected chi connectivity index (χ2v) is 3.74. The van der Waals surface area contributed by atoms with Gasteiger partial charge in [-0.3, -0.25) is 14.3 Å². The van der Waals surface area contributed by atoms with Gasteiger partial charge < -0.3 is 5.73 Å². The van der Waals surface area contributed by atoms with Crippen LogP contribution in [-0.4, -0.2) is 14.5 Å². The summed E-state index contributed by atoms with van der Waals surface area (Å²) in [6.07, 6.45) is 3.37. The molecular formula is C8H9N3O2S. The standard InChI is InChI=1S/C8H9N3O2S/c9-6(14)5-3-11(4-1-2-4)8(13)10-7(5)12/h3-4H,1-2H2,(H2,9,14)(H,10,12,13). The molecule has 1 saturated carbocycles. The Kier molecular flexibility index (Phi) is 1.99. The molecular weight excluding hydrogens is 202 g/mol. The number of nitrogens with two attached hydrogens (primary N) is 1. The molecule has 1 aromatic heterocycles. The van der Waals surface area contributed by atoms with Crippen LogP contribution in [0.5, 0.6) is 0 Å².